The third-order valence-electron chi connectivity index (χ3n) is 11.1. The van der Waals surface area contributed by atoms with Crippen molar-refractivity contribution in [2.24, 2.45) is 0 Å². The van der Waals surface area contributed by atoms with Gasteiger partial charge in [-0.15, -0.1) is 0 Å². The molecule has 0 rings (SSSR count). The Morgan fingerprint density at radius 1 is 0.474 bits per heavy atom. The Hall–Kier alpha value is -1.92. The number of amides is 1. The van der Waals surface area contributed by atoms with Gasteiger partial charge in [-0.05, 0) is 83.5 Å². The minimum atomic E-state index is -0.853. The van der Waals surface area contributed by atoms with Crippen LogP contribution in [0.4, 0.5) is 0 Å². The van der Waals surface area contributed by atoms with Gasteiger partial charge in [0.1, 0.15) is 0 Å². The molecule has 6 nitrogen and oxygen atoms in total. The van der Waals surface area contributed by atoms with Crippen molar-refractivity contribution in [2.75, 3.05) is 13.2 Å². The van der Waals surface area contributed by atoms with Crippen molar-refractivity contribution < 1.29 is 24.5 Å². The molecule has 0 fully saturated rings. The van der Waals surface area contributed by atoms with E-state index < -0.39 is 12.1 Å². The monoisotopic (exact) mass is 802 g/mol. The Morgan fingerprint density at radius 2 is 0.825 bits per heavy atom. The van der Waals surface area contributed by atoms with Crippen LogP contribution in [0, 0.1) is 0 Å². The van der Waals surface area contributed by atoms with Gasteiger partial charge in [-0.3, -0.25) is 9.59 Å². The van der Waals surface area contributed by atoms with Gasteiger partial charge in [0, 0.05) is 12.8 Å². The maximum absolute atomic E-state index is 12.4. The SMILES string of the molecule is CCCCCCC/C=C\CCCCCCCC(=O)OCCCCCC/C=C\CCCCCCCCCC(=O)NC(CO)C(O)/C=C/CCCCCCCCCCC. The number of aliphatic hydroxyl groups excluding tert-OH is 2. The first-order valence-corrected chi connectivity index (χ1v) is 24.8. The van der Waals surface area contributed by atoms with E-state index in [1.807, 2.05) is 6.08 Å². The van der Waals surface area contributed by atoms with E-state index >= 15 is 0 Å². The molecule has 0 aromatic rings. The summed E-state index contributed by atoms with van der Waals surface area (Å²) < 4.78 is 5.44. The number of hydrogen-bond acceptors (Lipinski definition) is 5. The van der Waals surface area contributed by atoms with E-state index in [9.17, 15) is 19.8 Å². The smallest absolute Gasteiger partial charge is 0.305 e. The molecule has 0 radical (unpaired) electrons. The molecule has 0 aliphatic heterocycles. The second-order valence-electron chi connectivity index (χ2n) is 16.8. The molecule has 2 atom stereocenters. The van der Waals surface area contributed by atoms with E-state index in [-0.39, 0.29) is 18.5 Å². The molecule has 0 bridgehead atoms. The van der Waals surface area contributed by atoms with Crippen molar-refractivity contribution in [2.45, 2.75) is 264 Å². The average molecular weight is 802 g/mol. The van der Waals surface area contributed by atoms with Crippen LogP contribution in [0.15, 0.2) is 36.5 Å². The highest BCUT2D eigenvalue weighted by Gasteiger charge is 2.18. The van der Waals surface area contributed by atoms with Crippen molar-refractivity contribution in [3.63, 3.8) is 0 Å². The van der Waals surface area contributed by atoms with E-state index in [1.165, 1.54) is 154 Å². The van der Waals surface area contributed by atoms with E-state index in [0.29, 0.717) is 19.4 Å². The van der Waals surface area contributed by atoms with Crippen molar-refractivity contribution in [1.29, 1.82) is 0 Å². The molecule has 6 heteroatoms. The molecule has 0 aliphatic rings. The highest BCUT2D eigenvalue weighted by Crippen LogP contribution is 2.14. The van der Waals surface area contributed by atoms with Crippen LogP contribution in [0.3, 0.4) is 0 Å². The van der Waals surface area contributed by atoms with Crippen LogP contribution in [0.1, 0.15) is 251 Å². The third-order valence-corrected chi connectivity index (χ3v) is 11.1. The Labute approximate surface area is 353 Å². The normalized spacial score (nSPS) is 13.0. The van der Waals surface area contributed by atoms with Gasteiger partial charge in [0.15, 0.2) is 0 Å². The molecule has 334 valence electrons. The fourth-order valence-electron chi connectivity index (χ4n) is 7.27. The Bertz CT molecular complexity index is 931. The fourth-order valence-corrected chi connectivity index (χ4v) is 7.27. The summed E-state index contributed by atoms with van der Waals surface area (Å²) in [6.45, 7) is 4.83. The summed E-state index contributed by atoms with van der Waals surface area (Å²) in [6.07, 6.45) is 55.7. The van der Waals surface area contributed by atoms with Gasteiger partial charge in [-0.1, -0.05) is 192 Å². The summed E-state index contributed by atoms with van der Waals surface area (Å²) in [5.41, 5.74) is 0. The molecule has 0 saturated carbocycles. The number of esters is 1. The fraction of sp³-hybridized carbons (Fsp3) is 0.843. The average Bonchev–Trinajstić information content (AvgIpc) is 3.21. The first kappa shape index (κ1) is 55.1. The molecular formula is C51H95NO5. The maximum Gasteiger partial charge on any atom is 0.305 e. The summed E-state index contributed by atoms with van der Waals surface area (Å²) in [5.74, 6) is -0.107. The van der Waals surface area contributed by atoms with Crippen molar-refractivity contribution in [3.05, 3.63) is 36.5 Å². The largest absolute Gasteiger partial charge is 0.466 e. The lowest BCUT2D eigenvalue weighted by Gasteiger charge is -2.20. The number of rotatable bonds is 45. The van der Waals surface area contributed by atoms with Gasteiger partial charge in [-0.25, -0.2) is 0 Å². The van der Waals surface area contributed by atoms with E-state index in [4.69, 9.17) is 4.74 Å². The predicted octanol–water partition coefficient (Wildman–Crippen LogP) is 14.5. The number of allylic oxidation sites excluding steroid dienone is 5. The number of hydrogen-bond donors (Lipinski definition) is 3. The maximum atomic E-state index is 12.4. The highest BCUT2D eigenvalue weighted by atomic mass is 16.5. The van der Waals surface area contributed by atoms with Crippen molar-refractivity contribution in [3.8, 4) is 0 Å². The molecule has 0 aromatic carbocycles. The quantitative estimate of drug-likeness (QED) is 0.0324. The minimum Gasteiger partial charge on any atom is -0.466 e. The van der Waals surface area contributed by atoms with E-state index in [0.717, 1.165) is 70.6 Å². The van der Waals surface area contributed by atoms with E-state index in [1.54, 1.807) is 6.08 Å². The predicted molar refractivity (Wildman–Crippen MR) is 246 cm³/mol. The van der Waals surface area contributed by atoms with Crippen LogP contribution in [0.2, 0.25) is 0 Å². The highest BCUT2D eigenvalue weighted by molar-refractivity contribution is 5.76. The van der Waals surface area contributed by atoms with Crippen LogP contribution < -0.4 is 5.32 Å². The lowest BCUT2D eigenvalue weighted by molar-refractivity contribution is -0.143. The number of carbonyl (C=O) groups excluding carboxylic acids is 2. The van der Waals surface area contributed by atoms with Crippen LogP contribution in [-0.4, -0.2) is 47.4 Å². The number of carbonyl (C=O) groups is 2. The van der Waals surface area contributed by atoms with Crippen LogP contribution in [0.25, 0.3) is 0 Å². The lowest BCUT2D eigenvalue weighted by atomic mass is 10.1. The molecular weight excluding hydrogens is 707 g/mol. The molecule has 0 spiro atoms. The molecule has 0 aromatic heterocycles. The molecule has 0 heterocycles. The minimum absolute atomic E-state index is 0.0208. The first-order valence-electron chi connectivity index (χ1n) is 24.8. The molecule has 0 aliphatic carbocycles. The summed E-state index contributed by atoms with van der Waals surface area (Å²) in [4.78, 5) is 24.4. The number of unbranched alkanes of at least 4 members (excludes halogenated alkanes) is 30. The second kappa shape index (κ2) is 46.8. The van der Waals surface area contributed by atoms with Gasteiger partial charge in [0.25, 0.3) is 0 Å². The molecule has 0 saturated heterocycles. The molecule has 1 amide bonds. The van der Waals surface area contributed by atoms with Gasteiger partial charge < -0.3 is 20.3 Å². The second-order valence-corrected chi connectivity index (χ2v) is 16.8. The van der Waals surface area contributed by atoms with Crippen LogP contribution in [0.5, 0.6) is 0 Å². The van der Waals surface area contributed by atoms with Crippen LogP contribution >= 0.6 is 0 Å². The van der Waals surface area contributed by atoms with Crippen molar-refractivity contribution >= 4 is 11.9 Å². The summed E-state index contributed by atoms with van der Waals surface area (Å²) in [5, 5.41) is 22.9. The summed E-state index contributed by atoms with van der Waals surface area (Å²) in [6, 6.07) is -0.638. The zero-order valence-corrected chi connectivity index (χ0v) is 37.8. The van der Waals surface area contributed by atoms with Gasteiger partial charge >= 0.3 is 5.97 Å². The Morgan fingerprint density at radius 3 is 1.25 bits per heavy atom. The zero-order valence-electron chi connectivity index (χ0n) is 37.8. The lowest BCUT2D eigenvalue weighted by Crippen LogP contribution is -2.45. The summed E-state index contributed by atoms with van der Waals surface area (Å²) in [7, 11) is 0. The van der Waals surface area contributed by atoms with Crippen molar-refractivity contribution in [1.82, 2.24) is 5.32 Å². The Kier molecular flexibility index (Phi) is 45.2. The Balaban J connectivity index is 3.51. The van der Waals surface area contributed by atoms with Gasteiger partial charge in [0.05, 0.1) is 25.4 Å². The molecule has 2 unspecified atom stereocenters. The first-order chi connectivity index (χ1) is 28.0. The standard InChI is InChI=1S/C51H95NO5/c1-3-5-7-9-11-13-15-16-21-25-29-33-37-41-45-51(56)57-46-42-38-34-30-26-22-19-17-18-20-24-28-32-36-40-44-50(55)52-48(47-53)49(54)43-39-35-31-27-23-14-12-10-8-6-4-2/h15-16,19,22,39,43,48-49,53-54H,3-14,17-18,20-21,23-38,40-42,44-47H2,1-2H3,(H,52,55)/b16-15-,22-19-,43-39+. The number of ether oxygens (including phenoxy) is 1. The molecule has 3 N–H and O–H groups in total. The van der Waals surface area contributed by atoms with Gasteiger partial charge in [-0.2, -0.15) is 0 Å². The third kappa shape index (κ3) is 43.5. The topological polar surface area (TPSA) is 95.9 Å². The molecule has 57 heavy (non-hydrogen) atoms. The number of aliphatic hydroxyl groups is 2. The van der Waals surface area contributed by atoms with Gasteiger partial charge in [0.2, 0.25) is 5.91 Å². The zero-order chi connectivity index (χ0) is 41.5. The van der Waals surface area contributed by atoms with Crippen LogP contribution in [-0.2, 0) is 14.3 Å². The summed E-state index contributed by atoms with van der Waals surface area (Å²) >= 11 is 0. The van der Waals surface area contributed by atoms with E-state index in [2.05, 4.69) is 43.5 Å². The number of nitrogens with one attached hydrogen (secondary N) is 1.